The number of fused-ring (bicyclic) bond motifs is 1. The zero-order valence-electron chi connectivity index (χ0n) is 27.1. The number of halogens is 1. The van der Waals surface area contributed by atoms with E-state index in [2.05, 4.69) is 25.8 Å². The number of aromatic nitrogens is 1. The van der Waals surface area contributed by atoms with Crippen molar-refractivity contribution in [3.8, 4) is 5.75 Å². The van der Waals surface area contributed by atoms with Gasteiger partial charge in [-0.15, -0.1) is 0 Å². The number of esters is 1. The van der Waals surface area contributed by atoms with Crippen molar-refractivity contribution in [2.24, 2.45) is 5.92 Å². The predicted molar refractivity (Wildman–Crippen MR) is 169 cm³/mol. The molecule has 1 aromatic heterocycles. The van der Waals surface area contributed by atoms with Crippen LogP contribution in [0.15, 0.2) is 22.8 Å². The van der Waals surface area contributed by atoms with E-state index in [0.29, 0.717) is 34.5 Å². The maximum absolute atomic E-state index is 13.4. The van der Waals surface area contributed by atoms with Crippen molar-refractivity contribution < 1.29 is 33.3 Å². The molecule has 0 N–H and O–H groups in total. The summed E-state index contributed by atoms with van der Waals surface area (Å²) in [5.74, 6) is 0.652. The van der Waals surface area contributed by atoms with Crippen LogP contribution in [-0.4, -0.2) is 65.0 Å². The first-order chi connectivity index (χ1) is 19.8. The molecule has 2 heterocycles. The van der Waals surface area contributed by atoms with Gasteiger partial charge in [0, 0.05) is 29.0 Å². The van der Waals surface area contributed by atoms with E-state index in [9.17, 15) is 14.4 Å². The third-order valence-corrected chi connectivity index (χ3v) is 7.15. The third kappa shape index (κ3) is 10.1. The summed E-state index contributed by atoms with van der Waals surface area (Å²) in [6, 6.07) is 3.90. The lowest BCUT2D eigenvalue weighted by Gasteiger charge is -2.32. The quantitative estimate of drug-likeness (QED) is 0.228. The van der Waals surface area contributed by atoms with Crippen LogP contribution in [0, 0.1) is 5.92 Å². The Balaban J connectivity index is 1.91. The molecule has 1 aromatic carbocycles. The van der Waals surface area contributed by atoms with E-state index in [1.54, 1.807) is 47.7 Å². The van der Waals surface area contributed by atoms with Crippen LogP contribution in [0.25, 0.3) is 10.8 Å². The van der Waals surface area contributed by atoms with Gasteiger partial charge in [0.2, 0.25) is 0 Å². The second-order valence-corrected chi connectivity index (χ2v) is 14.8. The van der Waals surface area contributed by atoms with Crippen LogP contribution in [0.1, 0.15) is 87.1 Å². The second kappa shape index (κ2) is 13.4. The highest BCUT2D eigenvalue weighted by Gasteiger charge is 2.36. The first kappa shape index (κ1) is 34.6. The molecule has 0 bridgehead atoms. The highest BCUT2D eigenvalue weighted by Crippen LogP contribution is 2.39. The lowest BCUT2D eigenvalue weighted by Crippen LogP contribution is -2.44. The fourth-order valence-electron chi connectivity index (χ4n) is 4.85. The average molecular weight is 665 g/mol. The highest BCUT2D eigenvalue weighted by atomic mass is 79.9. The Morgan fingerprint density at radius 2 is 1.44 bits per heavy atom. The first-order valence-electron chi connectivity index (χ1n) is 14.6. The van der Waals surface area contributed by atoms with Crippen LogP contribution in [0.3, 0.4) is 0 Å². The number of ether oxygens (including phenoxy) is 4. The van der Waals surface area contributed by atoms with Gasteiger partial charge < -0.3 is 18.9 Å². The molecule has 3 rings (SSSR count). The summed E-state index contributed by atoms with van der Waals surface area (Å²) in [5.41, 5.74) is -1.21. The summed E-state index contributed by atoms with van der Waals surface area (Å²) in [6.45, 7) is 18.3. The third-order valence-electron chi connectivity index (χ3n) is 6.52. The van der Waals surface area contributed by atoms with Crippen LogP contribution in [-0.2, 0) is 25.5 Å². The van der Waals surface area contributed by atoms with E-state index in [1.165, 1.54) is 7.11 Å². The molecule has 10 nitrogen and oxygen atoms in total. The number of piperidine rings is 1. The molecule has 0 aliphatic carbocycles. The second-order valence-electron chi connectivity index (χ2n) is 14.0. The summed E-state index contributed by atoms with van der Waals surface area (Å²) >= 11 is 3.60. The zero-order valence-corrected chi connectivity index (χ0v) is 28.7. The number of rotatable bonds is 6. The van der Waals surface area contributed by atoms with Gasteiger partial charge in [-0.25, -0.2) is 14.6 Å². The molecule has 1 saturated heterocycles. The molecule has 11 heteroatoms. The molecular formula is C32H46BrN3O7. The van der Waals surface area contributed by atoms with Gasteiger partial charge in [0.1, 0.15) is 22.6 Å². The number of anilines is 1. The van der Waals surface area contributed by atoms with Gasteiger partial charge in [-0.05, 0) is 128 Å². The SMILES string of the molecule is COc1cc(CN2CCC(CC(=O)OC(C)(C)C)CC2)cc2c(Br)cnc(N(C(=O)OC(C)(C)C)C(=O)OC(C)(C)C)c12. The fourth-order valence-corrected chi connectivity index (χ4v) is 5.27. The number of nitrogens with zero attached hydrogens (tertiary/aromatic N) is 3. The van der Waals surface area contributed by atoms with Gasteiger partial charge in [0.25, 0.3) is 0 Å². The van der Waals surface area contributed by atoms with Crippen molar-refractivity contribution in [1.82, 2.24) is 9.88 Å². The Bertz CT molecular complexity index is 1310. The molecule has 1 fully saturated rings. The van der Waals surface area contributed by atoms with Crippen LogP contribution < -0.4 is 9.64 Å². The standard InChI is InChI=1S/C32H46BrN3O7/c1-30(2,3)41-25(37)17-20-11-13-35(14-12-20)19-21-15-22-23(33)18-34-27(26(22)24(16-21)40-10)36(28(38)42-31(4,5)6)29(39)43-32(7,8)9/h15-16,18,20H,11-14,17,19H2,1-10H3. The number of hydrogen-bond donors (Lipinski definition) is 0. The molecule has 43 heavy (non-hydrogen) atoms. The predicted octanol–water partition coefficient (Wildman–Crippen LogP) is 7.63. The van der Waals surface area contributed by atoms with Crippen molar-refractivity contribution in [2.45, 2.75) is 105 Å². The number of hydrogen-bond acceptors (Lipinski definition) is 9. The Morgan fingerprint density at radius 1 is 0.907 bits per heavy atom. The number of benzene rings is 1. The summed E-state index contributed by atoms with van der Waals surface area (Å²) in [6.07, 6.45) is 1.98. The molecular weight excluding hydrogens is 618 g/mol. The Morgan fingerprint density at radius 3 is 1.93 bits per heavy atom. The molecule has 238 valence electrons. The van der Waals surface area contributed by atoms with E-state index in [4.69, 9.17) is 18.9 Å². The number of carbonyl (C=O) groups excluding carboxylic acids is 3. The summed E-state index contributed by atoms with van der Waals surface area (Å²) in [7, 11) is 1.54. The molecule has 2 amide bonds. The molecule has 2 aromatic rings. The molecule has 0 unspecified atom stereocenters. The van der Waals surface area contributed by atoms with Gasteiger partial charge in [-0.3, -0.25) is 9.69 Å². The highest BCUT2D eigenvalue weighted by molar-refractivity contribution is 9.10. The number of methoxy groups -OCH3 is 1. The fraction of sp³-hybridized carbons (Fsp3) is 0.625. The van der Waals surface area contributed by atoms with Crippen molar-refractivity contribution in [2.75, 3.05) is 25.1 Å². The normalized spacial score (nSPS) is 15.2. The summed E-state index contributed by atoms with van der Waals surface area (Å²) < 4.78 is 23.1. The van der Waals surface area contributed by atoms with Gasteiger partial charge in [-0.2, -0.15) is 4.90 Å². The lowest BCUT2D eigenvalue weighted by molar-refractivity contribution is -0.156. The van der Waals surface area contributed by atoms with Crippen LogP contribution in [0.4, 0.5) is 15.4 Å². The van der Waals surface area contributed by atoms with E-state index >= 15 is 0 Å². The minimum Gasteiger partial charge on any atom is -0.496 e. The Kier molecular flexibility index (Phi) is 10.8. The monoisotopic (exact) mass is 663 g/mol. The van der Waals surface area contributed by atoms with Gasteiger partial charge in [0.15, 0.2) is 5.82 Å². The van der Waals surface area contributed by atoms with E-state index in [0.717, 1.165) is 41.8 Å². The molecule has 1 aliphatic rings. The lowest BCUT2D eigenvalue weighted by atomic mass is 9.93. The van der Waals surface area contributed by atoms with Crippen molar-refractivity contribution in [3.05, 3.63) is 28.4 Å². The van der Waals surface area contributed by atoms with Crippen molar-refractivity contribution in [3.63, 3.8) is 0 Å². The maximum Gasteiger partial charge on any atom is 0.425 e. The Hall–Kier alpha value is -2.92. The number of imide groups is 1. The van der Waals surface area contributed by atoms with Crippen LogP contribution in [0.5, 0.6) is 5.75 Å². The van der Waals surface area contributed by atoms with Crippen LogP contribution in [0.2, 0.25) is 0 Å². The van der Waals surface area contributed by atoms with Gasteiger partial charge in [-0.1, -0.05) is 0 Å². The van der Waals surface area contributed by atoms with Crippen molar-refractivity contribution >= 4 is 50.7 Å². The average Bonchev–Trinajstić information content (AvgIpc) is 2.83. The molecule has 0 atom stereocenters. The zero-order chi connectivity index (χ0) is 32.3. The number of amides is 2. The first-order valence-corrected chi connectivity index (χ1v) is 15.4. The van der Waals surface area contributed by atoms with Gasteiger partial charge in [0.05, 0.1) is 12.5 Å². The molecule has 1 aliphatic heterocycles. The minimum absolute atomic E-state index is 0.0491. The van der Waals surface area contributed by atoms with E-state index < -0.39 is 29.0 Å². The minimum atomic E-state index is -0.904. The topological polar surface area (TPSA) is 108 Å². The summed E-state index contributed by atoms with van der Waals surface area (Å²) in [5, 5.41) is 1.18. The number of likely N-dealkylation sites (tertiary alicyclic amines) is 1. The van der Waals surface area contributed by atoms with Gasteiger partial charge >= 0.3 is 18.2 Å². The Labute approximate surface area is 263 Å². The van der Waals surface area contributed by atoms with E-state index in [-0.39, 0.29) is 11.8 Å². The molecule has 0 spiro atoms. The van der Waals surface area contributed by atoms with Crippen molar-refractivity contribution in [1.29, 1.82) is 0 Å². The smallest absolute Gasteiger partial charge is 0.425 e. The molecule has 0 radical (unpaired) electrons. The maximum atomic E-state index is 13.4. The molecule has 0 saturated carbocycles. The number of carbonyl (C=O) groups is 3. The van der Waals surface area contributed by atoms with E-state index in [1.807, 2.05) is 32.9 Å². The largest absolute Gasteiger partial charge is 0.496 e. The number of pyridine rings is 1. The summed E-state index contributed by atoms with van der Waals surface area (Å²) in [4.78, 5) is 46.7. The van der Waals surface area contributed by atoms with Crippen LogP contribution >= 0.6 is 15.9 Å².